The van der Waals surface area contributed by atoms with Crippen LogP contribution >= 0.6 is 23.4 Å². The molecule has 2 heterocycles. The normalized spacial score (nSPS) is 17.1. The highest BCUT2D eigenvalue weighted by atomic mass is 35.5. The summed E-state index contributed by atoms with van der Waals surface area (Å²) in [6.45, 7) is 5.16. The fraction of sp³-hybridized carbons (Fsp3) is 0.241. The van der Waals surface area contributed by atoms with Gasteiger partial charge in [0.05, 0.1) is 10.6 Å². The highest BCUT2D eigenvalue weighted by Crippen LogP contribution is 2.42. The van der Waals surface area contributed by atoms with Crippen LogP contribution in [0.25, 0.3) is 6.08 Å². The smallest absolute Gasteiger partial charge is 0.265 e. The molecule has 5 rings (SSSR count). The molecule has 0 unspecified atom stereocenters. The van der Waals surface area contributed by atoms with E-state index in [1.54, 1.807) is 11.0 Å². The molecule has 0 aliphatic carbocycles. The Morgan fingerprint density at radius 3 is 2.49 bits per heavy atom. The summed E-state index contributed by atoms with van der Waals surface area (Å²) in [5.41, 5.74) is 2.86. The van der Waals surface area contributed by atoms with E-state index in [0.717, 1.165) is 48.9 Å². The molecule has 0 atom stereocenters. The van der Waals surface area contributed by atoms with Crippen LogP contribution in [0, 0.1) is 0 Å². The summed E-state index contributed by atoms with van der Waals surface area (Å²) in [4.78, 5) is 34.1. The van der Waals surface area contributed by atoms with E-state index in [1.807, 2.05) is 54.6 Å². The zero-order valence-corrected chi connectivity index (χ0v) is 22.0. The van der Waals surface area contributed by atoms with Crippen LogP contribution in [0.5, 0.6) is 0 Å². The van der Waals surface area contributed by atoms with Gasteiger partial charge in [0, 0.05) is 54.9 Å². The van der Waals surface area contributed by atoms with Crippen LogP contribution in [0.2, 0.25) is 5.02 Å². The Balaban J connectivity index is 1.17. The molecule has 2 aliphatic rings. The Kier molecular flexibility index (Phi) is 8.14. The lowest BCUT2D eigenvalue weighted by molar-refractivity contribution is -0.122. The second kappa shape index (κ2) is 11.9. The predicted octanol–water partition coefficient (Wildman–Crippen LogP) is 4.76. The largest absolute Gasteiger partial charge is 0.369 e. The number of nitrogens with one attached hydrogen (secondary N) is 1. The zero-order valence-electron chi connectivity index (χ0n) is 20.5. The van der Waals surface area contributed by atoms with Crippen molar-refractivity contribution in [2.24, 2.45) is 0 Å². The van der Waals surface area contributed by atoms with E-state index in [-0.39, 0.29) is 18.4 Å². The van der Waals surface area contributed by atoms with Crippen LogP contribution in [0.1, 0.15) is 5.56 Å². The molecule has 2 aliphatic heterocycles. The second-order valence-electron chi connectivity index (χ2n) is 9.04. The van der Waals surface area contributed by atoms with Crippen molar-refractivity contribution in [3.05, 3.63) is 94.4 Å². The number of carbonyl (C=O) groups is 2. The first-order chi connectivity index (χ1) is 18.1. The number of amides is 2. The first-order valence-corrected chi connectivity index (χ1v) is 13.6. The Morgan fingerprint density at radius 1 is 0.946 bits per heavy atom. The van der Waals surface area contributed by atoms with Crippen molar-refractivity contribution in [3.63, 3.8) is 0 Å². The number of nitrogens with zero attached hydrogens (tertiary/aromatic N) is 3. The number of fused-ring (bicyclic) bond motifs is 1. The molecular formula is C29H29ClN4O2S. The molecule has 190 valence electrons. The van der Waals surface area contributed by atoms with Crippen molar-refractivity contribution in [2.45, 2.75) is 4.90 Å². The molecule has 0 bridgehead atoms. The fourth-order valence-corrected chi connectivity index (χ4v) is 5.85. The number of carbonyl (C=O) groups excluding carboxylic acids is 2. The summed E-state index contributed by atoms with van der Waals surface area (Å²) in [7, 11) is 0. The molecule has 1 fully saturated rings. The van der Waals surface area contributed by atoms with Gasteiger partial charge in [-0.05, 0) is 48.0 Å². The van der Waals surface area contributed by atoms with Crippen LogP contribution in [0.3, 0.4) is 0 Å². The van der Waals surface area contributed by atoms with Gasteiger partial charge in [0.1, 0.15) is 6.54 Å². The first kappa shape index (κ1) is 25.4. The molecular weight excluding hydrogens is 504 g/mol. The van der Waals surface area contributed by atoms with Gasteiger partial charge in [0.25, 0.3) is 5.91 Å². The van der Waals surface area contributed by atoms with Gasteiger partial charge in [-0.3, -0.25) is 19.4 Å². The van der Waals surface area contributed by atoms with Crippen molar-refractivity contribution in [2.75, 3.05) is 55.6 Å². The third-order valence-electron chi connectivity index (χ3n) is 6.52. The van der Waals surface area contributed by atoms with Gasteiger partial charge < -0.3 is 10.2 Å². The van der Waals surface area contributed by atoms with Gasteiger partial charge in [-0.25, -0.2) is 0 Å². The van der Waals surface area contributed by atoms with Crippen LogP contribution in [-0.2, 0) is 9.59 Å². The molecule has 6 nitrogen and oxygen atoms in total. The third kappa shape index (κ3) is 6.36. The molecule has 8 heteroatoms. The summed E-state index contributed by atoms with van der Waals surface area (Å²) in [5.74, 6) is -0.351. The van der Waals surface area contributed by atoms with Crippen molar-refractivity contribution >= 4 is 52.6 Å². The minimum Gasteiger partial charge on any atom is -0.369 e. The molecule has 37 heavy (non-hydrogen) atoms. The monoisotopic (exact) mass is 532 g/mol. The predicted molar refractivity (Wildman–Crippen MR) is 152 cm³/mol. The Labute approximate surface area is 226 Å². The second-order valence-corrected chi connectivity index (χ2v) is 10.6. The number of rotatable bonds is 7. The first-order valence-electron chi connectivity index (χ1n) is 12.4. The van der Waals surface area contributed by atoms with E-state index in [0.29, 0.717) is 16.5 Å². The van der Waals surface area contributed by atoms with Gasteiger partial charge in [-0.2, -0.15) is 0 Å². The van der Waals surface area contributed by atoms with Crippen LogP contribution in [-0.4, -0.2) is 62.5 Å². The lowest BCUT2D eigenvalue weighted by atomic mass is 10.2. The van der Waals surface area contributed by atoms with E-state index in [9.17, 15) is 9.59 Å². The molecule has 1 N–H and O–H groups in total. The molecule has 2 amide bonds. The van der Waals surface area contributed by atoms with E-state index in [4.69, 9.17) is 11.6 Å². The molecule has 0 radical (unpaired) electrons. The topological polar surface area (TPSA) is 55.9 Å². The van der Waals surface area contributed by atoms with Crippen molar-refractivity contribution in [1.82, 2.24) is 10.2 Å². The van der Waals surface area contributed by atoms with E-state index >= 15 is 0 Å². The third-order valence-corrected chi connectivity index (χ3v) is 7.84. The van der Waals surface area contributed by atoms with Crippen LogP contribution in [0.15, 0.2) is 88.7 Å². The zero-order chi connectivity index (χ0) is 25.6. The molecule has 0 aromatic heterocycles. The number of piperazine rings is 1. The maximum absolute atomic E-state index is 13.4. The highest BCUT2D eigenvalue weighted by molar-refractivity contribution is 8.04. The van der Waals surface area contributed by atoms with Gasteiger partial charge in [0.2, 0.25) is 5.91 Å². The van der Waals surface area contributed by atoms with E-state index in [1.165, 1.54) is 17.4 Å². The molecule has 0 saturated carbocycles. The van der Waals surface area contributed by atoms with E-state index < -0.39 is 0 Å². The fourth-order valence-electron chi connectivity index (χ4n) is 4.59. The Morgan fingerprint density at radius 2 is 1.70 bits per heavy atom. The molecule has 3 aromatic rings. The number of benzene rings is 3. The summed E-state index contributed by atoms with van der Waals surface area (Å²) in [6.07, 6.45) is 1.83. The van der Waals surface area contributed by atoms with Gasteiger partial charge in [-0.1, -0.05) is 65.8 Å². The number of hydrogen-bond donors (Lipinski definition) is 1. The van der Waals surface area contributed by atoms with Crippen molar-refractivity contribution < 1.29 is 9.59 Å². The minimum atomic E-state index is -0.184. The average Bonchev–Trinajstić information content (AvgIpc) is 2.92. The van der Waals surface area contributed by atoms with Gasteiger partial charge in [-0.15, -0.1) is 0 Å². The minimum absolute atomic E-state index is 0.0227. The lowest BCUT2D eigenvalue weighted by Crippen LogP contribution is -2.49. The number of para-hydroxylation sites is 2. The van der Waals surface area contributed by atoms with Crippen molar-refractivity contribution in [3.8, 4) is 0 Å². The van der Waals surface area contributed by atoms with Crippen LogP contribution < -0.4 is 15.1 Å². The number of anilines is 2. The molecule has 1 saturated heterocycles. The van der Waals surface area contributed by atoms with Gasteiger partial charge >= 0.3 is 0 Å². The summed E-state index contributed by atoms with van der Waals surface area (Å²) in [5, 5.41) is 3.62. The Hall–Kier alpha value is -3.26. The lowest BCUT2D eigenvalue weighted by Gasteiger charge is -2.36. The number of thioether (sulfide) groups is 1. The average molecular weight is 533 g/mol. The molecule has 3 aromatic carbocycles. The number of halogens is 1. The quantitative estimate of drug-likeness (QED) is 0.445. The van der Waals surface area contributed by atoms with E-state index in [2.05, 4.69) is 39.4 Å². The summed E-state index contributed by atoms with van der Waals surface area (Å²) >= 11 is 7.54. The Bertz CT molecular complexity index is 1290. The SMILES string of the molecule is O=C(CN1C(=O)C(=Cc2cccc(Cl)c2)Sc2ccccc21)NCCN1CCN(c2ccccc2)CC1. The standard InChI is InChI=1S/C29H29ClN4O2S/c30-23-8-6-7-22(19-23)20-27-29(36)34(25-11-4-5-12-26(25)37-27)21-28(35)31-13-14-32-15-17-33(18-16-32)24-9-2-1-3-10-24/h1-12,19-20H,13-18,21H2,(H,31,35). The maximum Gasteiger partial charge on any atom is 0.265 e. The molecule has 0 spiro atoms. The van der Waals surface area contributed by atoms with Gasteiger partial charge in [0.15, 0.2) is 0 Å². The maximum atomic E-state index is 13.4. The summed E-state index contributed by atoms with van der Waals surface area (Å²) < 4.78 is 0. The van der Waals surface area contributed by atoms with Crippen LogP contribution in [0.4, 0.5) is 11.4 Å². The van der Waals surface area contributed by atoms with Crippen molar-refractivity contribution in [1.29, 1.82) is 0 Å². The summed E-state index contributed by atoms with van der Waals surface area (Å²) in [6, 6.07) is 25.5. The highest BCUT2D eigenvalue weighted by Gasteiger charge is 2.30. The number of hydrogen-bond acceptors (Lipinski definition) is 5.